The van der Waals surface area contributed by atoms with Crippen LogP contribution in [0, 0.1) is 0 Å². The smallest absolute Gasteiger partial charge is 0.268 e. The van der Waals surface area contributed by atoms with E-state index in [0.717, 1.165) is 49.1 Å². The molecule has 0 spiro atoms. The van der Waals surface area contributed by atoms with Gasteiger partial charge in [-0.3, -0.25) is 4.79 Å². The standard InChI is InChI=1S/C16H26BrN3O/c1-3-7-19-9-5-14(6-10-19)18-16(21)15-11-13(17)12-20(15)8-4-2/h11-12,14H,3-10H2,1-2H3,(H,18,21). The van der Waals surface area contributed by atoms with E-state index in [0.29, 0.717) is 6.04 Å². The highest BCUT2D eigenvalue weighted by Crippen LogP contribution is 2.17. The molecule has 0 saturated carbocycles. The van der Waals surface area contributed by atoms with E-state index in [1.807, 2.05) is 16.8 Å². The van der Waals surface area contributed by atoms with Gasteiger partial charge in [-0.15, -0.1) is 0 Å². The molecule has 1 aliphatic heterocycles. The van der Waals surface area contributed by atoms with Crippen LogP contribution in [0.15, 0.2) is 16.7 Å². The van der Waals surface area contributed by atoms with Crippen molar-refractivity contribution in [2.75, 3.05) is 19.6 Å². The first-order valence-electron chi connectivity index (χ1n) is 8.03. The summed E-state index contributed by atoms with van der Waals surface area (Å²) in [6.07, 6.45) is 6.33. The number of nitrogens with one attached hydrogen (secondary N) is 1. The van der Waals surface area contributed by atoms with Crippen LogP contribution >= 0.6 is 15.9 Å². The number of likely N-dealkylation sites (tertiary alicyclic amines) is 1. The lowest BCUT2D eigenvalue weighted by molar-refractivity contribution is 0.0901. The van der Waals surface area contributed by atoms with Crippen LogP contribution in [0.3, 0.4) is 0 Å². The molecular weight excluding hydrogens is 330 g/mol. The summed E-state index contributed by atoms with van der Waals surface area (Å²) in [6.45, 7) is 8.58. The molecule has 21 heavy (non-hydrogen) atoms. The van der Waals surface area contributed by atoms with Crippen molar-refractivity contribution in [2.24, 2.45) is 0 Å². The number of aryl methyl sites for hydroxylation is 1. The van der Waals surface area contributed by atoms with Gasteiger partial charge in [-0.2, -0.15) is 0 Å². The van der Waals surface area contributed by atoms with Crippen molar-refractivity contribution in [1.29, 1.82) is 0 Å². The maximum absolute atomic E-state index is 12.5. The van der Waals surface area contributed by atoms with Crippen LogP contribution < -0.4 is 5.32 Å². The van der Waals surface area contributed by atoms with Crippen LogP contribution in [-0.2, 0) is 6.54 Å². The fraction of sp³-hybridized carbons (Fsp3) is 0.688. The molecule has 118 valence electrons. The zero-order valence-corrected chi connectivity index (χ0v) is 14.7. The van der Waals surface area contributed by atoms with Crippen molar-refractivity contribution in [2.45, 2.75) is 52.1 Å². The Labute approximate surface area is 136 Å². The molecule has 1 aromatic heterocycles. The van der Waals surface area contributed by atoms with E-state index < -0.39 is 0 Å². The maximum Gasteiger partial charge on any atom is 0.268 e. The van der Waals surface area contributed by atoms with E-state index in [-0.39, 0.29) is 5.91 Å². The van der Waals surface area contributed by atoms with E-state index in [1.165, 1.54) is 13.0 Å². The van der Waals surface area contributed by atoms with Gasteiger partial charge in [-0.1, -0.05) is 13.8 Å². The van der Waals surface area contributed by atoms with Gasteiger partial charge in [0.2, 0.25) is 0 Å². The third kappa shape index (κ3) is 4.58. The Morgan fingerprint density at radius 3 is 2.57 bits per heavy atom. The predicted octanol–water partition coefficient (Wildman–Crippen LogP) is 3.26. The number of halogens is 1. The SMILES string of the molecule is CCCN1CCC(NC(=O)c2cc(Br)cn2CCC)CC1. The average molecular weight is 356 g/mol. The molecule has 1 fully saturated rings. The summed E-state index contributed by atoms with van der Waals surface area (Å²) in [5.74, 6) is 0.0584. The number of amides is 1. The molecule has 0 unspecified atom stereocenters. The van der Waals surface area contributed by atoms with Crippen LogP contribution in [0.4, 0.5) is 0 Å². The summed E-state index contributed by atoms with van der Waals surface area (Å²) < 4.78 is 3.00. The van der Waals surface area contributed by atoms with Gasteiger partial charge in [0.1, 0.15) is 5.69 Å². The monoisotopic (exact) mass is 355 g/mol. The molecule has 1 saturated heterocycles. The number of hydrogen-bond donors (Lipinski definition) is 1. The number of carbonyl (C=O) groups excluding carboxylic acids is 1. The Balaban J connectivity index is 1.90. The Morgan fingerprint density at radius 2 is 1.95 bits per heavy atom. The van der Waals surface area contributed by atoms with Gasteiger partial charge < -0.3 is 14.8 Å². The van der Waals surface area contributed by atoms with Crippen LogP contribution in [0.5, 0.6) is 0 Å². The lowest BCUT2D eigenvalue weighted by atomic mass is 10.0. The highest BCUT2D eigenvalue weighted by Gasteiger charge is 2.22. The van der Waals surface area contributed by atoms with Crippen LogP contribution in [0.1, 0.15) is 50.0 Å². The number of aromatic nitrogens is 1. The summed E-state index contributed by atoms with van der Waals surface area (Å²) in [6, 6.07) is 2.23. The van der Waals surface area contributed by atoms with E-state index in [2.05, 4.69) is 40.0 Å². The number of rotatable bonds is 6. The molecular formula is C16H26BrN3O. The number of hydrogen-bond acceptors (Lipinski definition) is 2. The lowest BCUT2D eigenvalue weighted by Crippen LogP contribution is -2.45. The van der Waals surface area contributed by atoms with Crippen LogP contribution in [0.25, 0.3) is 0 Å². The van der Waals surface area contributed by atoms with Gasteiger partial charge in [0.15, 0.2) is 0 Å². The van der Waals surface area contributed by atoms with Gasteiger partial charge in [0.25, 0.3) is 5.91 Å². The van der Waals surface area contributed by atoms with E-state index >= 15 is 0 Å². The third-order valence-corrected chi connectivity index (χ3v) is 4.46. The molecule has 5 heteroatoms. The van der Waals surface area contributed by atoms with Crippen molar-refractivity contribution in [3.05, 3.63) is 22.4 Å². The fourth-order valence-electron chi connectivity index (χ4n) is 2.97. The first kappa shape index (κ1) is 16.6. The minimum absolute atomic E-state index is 0.0584. The number of piperidine rings is 1. The van der Waals surface area contributed by atoms with E-state index in [9.17, 15) is 4.79 Å². The summed E-state index contributed by atoms with van der Waals surface area (Å²) in [4.78, 5) is 14.9. The molecule has 0 aliphatic carbocycles. The van der Waals surface area contributed by atoms with Crippen LogP contribution in [-0.4, -0.2) is 41.1 Å². The minimum Gasteiger partial charge on any atom is -0.348 e. The highest BCUT2D eigenvalue weighted by atomic mass is 79.9. The van der Waals surface area contributed by atoms with Crippen LogP contribution in [0.2, 0.25) is 0 Å². The maximum atomic E-state index is 12.5. The van der Waals surface area contributed by atoms with E-state index in [4.69, 9.17) is 0 Å². The topological polar surface area (TPSA) is 37.3 Å². The Bertz CT molecular complexity index is 464. The molecule has 0 radical (unpaired) electrons. The summed E-state index contributed by atoms with van der Waals surface area (Å²) in [5, 5.41) is 3.20. The lowest BCUT2D eigenvalue weighted by Gasteiger charge is -2.32. The largest absolute Gasteiger partial charge is 0.348 e. The van der Waals surface area contributed by atoms with Gasteiger partial charge in [-0.05, 0) is 54.2 Å². The molecule has 1 aromatic rings. The van der Waals surface area contributed by atoms with Crippen molar-refractivity contribution >= 4 is 21.8 Å². The molecule has 0 aromatic carbocycles. The molecule has 0 bridgehead atoms. The molecule has 4 nitrogen and oxygen atoms in total. The zero-order chi connectivity index (χ0) is 15.2. The second kappa shape index (κ2) is 7.99. The minimum atomic E-state index is 0.0584. The molecule has 0 atom stereocenters. The second-order valence-electron chi connectivity index (χ2n) is 5.83. The molecule has 2 rings (SSSR count). The summed E-state index contributed by atoms with van der Waals surface area (Å²) >= 11 is 3.46. The Kier molecular flexibility index (Phi) is 6.30. The average Bonchev–Trinajstić information content (AvgIpc) is 2.83. The van der Waals surface area contributed by atoms with E-state index in [1.54, 1.807) is 0 Å². The second-order valence-corrected chi connectivity index (χ2v) is 6.74. The predicted molar refractivity (Wildman–Crippen MR) is 89.6 cm³/mol. The normalized spacial score (nSPS) is 17.1. The number of nitrogens with zero attached hydrogens (tertiary/aromatic N) is 2. The van der Waals surface area contributed by atoms with Gasteiger partial charge in [-0.25, -0.2) is 0 Å². The third-order valence-electron chi connectivity index (χ3n) is 4.02. The first-order valence-corrected chi connectivity index (χ1v) is 8.82. The molecule has 1 aliphatic rings. The van der Waals surface area contributed by atoms with Gasteiger partial charge in [0.05, 0.1) is 0 Å². The molecule has 1 amide bonds. The quantitative estimate of drug-likeness (QED) is 0.850. The Hall–Kier alpha value is -0.810. The number of carbonyl (C=O) groups is 1. The van der Waals surface area contributed by atoms with Crippen molar-refractivity contribution in [3.63, 3.8) is 0 Å². The molecule has 1 N–H and O–H groups in total. The van der Waals surface area contributed by atoms with Gasteiger partial charge >= 0.3 is 0 Å². The first-order chi connectivity index (χ1) is 10.1. The summed E-state index contributed by atoms with van der Waals surface area (Å²) in [5.41, 5.74) is 0.764. The Morgan fingerprint density at radius 1 is 1.29 bits per heavy atom. The highest BCUT2D eigenvalue weighted by molar-refractivity contribution is 9.10. The zero-order valence-electron chi connectivity index (χ0n) is 13.1. The summed E-state index contributed by atoms with van der Waals surface area (Å²) in [7, 11) is 0. The molecule has 2 heterocycles. The van der Waals surface area contributed by atoms with Gasteiger partial charge in [0, 0.05) is 36.3 Å². The van der Waals surface area contributed by atoms with Crippen molar-refractivity contribution in [3.8, 4) is 0 Å². The fourth-order valence-corrected chi connectivity index (χ4v) is 3.43. The van der Waals surface area contributed by atoms with Crippen molar-refractivity contribution in [1.82, 2.24) is 14.8 Å². The van der Waals surface area contributed by atoms with Crippen molar-refractivity contribution < 1.29 is 4.79 Å².